The van der Waals surface area contributed by atoms with Crippen LogP contribution < -0.4 is 4.90 Å². The number of benzene rings is 1. The van der Waals surface area contributed by atoms with Gasteiger partial charge >= 0.3 is 5.97 Å². The molecule has 1 aliphatic rings. The number of anilines is 1. The van der Waals surface area contributed by atoms with E-state index >= 15 is 0 Å². The molecule has 0 aliphatic carbocycles. The van der Waals surface area contributed by atoms with E-state index in [1.807, 2.05) is 31.1 Å². The van der Waals surface area contributed by atoms with Crippen molar-refractivity contribution in [1.29, 1.82) is 0 Å². The van der Waals surface area contributed by atoms with E-state index < -0.39 is 5.97 Å². The lowest BCUT2D eigenvalue weighted by molar-refractivity contribution is -0.134. The zero-order valence-electron chi connectivity index (χ0n) is 13.4. The quantitative estimate of drug-likeness (QED) is 0.801. The van der Waals surface area contributed by atoms with Crippen molar-refractivity contribution < 1.29 is 14.3 Å². The molecule has 1 aromatic rings. The van der Waals surface area contributed by atoms with Gasteiger partial charge in [0.1, 0.15) is 0 Å². The molecular formula is C17H24N2O3. The van der Waals surface area contributed by atoms with Crippen LogP contribution in [0, 0.1) is 0 Å². The summed E-state index contributed by atoms with van der Waals surface area (Å²) >= 11 is 0. The Labute approximate surface area is 131 Å². The van der Waals surface area contributed by atoms with Crippen molar-refractivity contribution in [1.82, 2.24) is 4.90 Å². The van der Waals surface area contributed by atoms with Crippen molar-refractivity contribution in [2.24, 2.45) is 0 Å². The van der Waals surface area contributed by atoms with Crippen LogP contribution >= 0.6 is 0 Å². The molecule has 0 unspecified atom stereocenters. The molecule has 0 radical (unpaired) electrons. The van der Waals surface area contributed by atoms with Crippen molar-refractivity contribution in [3.05, 3.63) is 29.8 Å². The predicted octanol–water partition coefficient (Wildman–Crippen LogP) is 2.31. The van der Waals surface area contributed by atoms with Crippen LogP contribution in [0.4, 0.5) is 5.69 Å². The van der Waals surface area contributed by atoms with E-state index in [2.05, 4.69) is 0 Å². The minimum absolute atomic E-state index is 0.0981. The highest BCUT2D eigenvalue weighted by Crippen LogP contribution is 2.14. The summed E-state index contributed by atoms with van der Waals surface area (Å²) in [6.07, 6.45) is 4.40. The van der Waals surface area contributed by atoms with Gasteiger partial charge in [0, 0.05) is 32.9 Å². The number of rotatable bonds is 4. The molecule has 5 heteroatoms. The van der Waals surface area contributed by atoms with Gasteiger partial charge in [-0.25, -0.2) is 4.79 Å². The van der Waals surface area contributed by atoms with Crippen LogP contribution in [-0.4, -0.2) is 50.6 Å². The first kappa shape index (κ1) is 16.3. The number of hydrogen-bond acceptors (Lipinski definition) is 4. The lowest BCUT2D eigenvalue weighted by Gasteiger charge is -2.20. The van der Waals surface area contributed by atoms with Crippen molar-refractivity contribution >= 4 is 17.6 Å². The van der Waals surface area contributed by atoms with Crippen LogP contribution in [0.25, 0.3) is 0 Å². The second-order valence-corrected chi connectivity index (χ2v) is 5.82. The smallest absolute Gasteiger partial charge is 0.338 e. The first-order valence-electron chi connectivity index (χ1n) is 7.80. The molecule has 0 bridgehead atoms. The van der Waals surface area contributed by atoms with Crippen molar-refractivity contribution in [2.45, 2.75) is 25.7 Å². The van der Waals surface area contributed by atoms with E-state index in [4.69, 9.17) is 4.74 Å². The van der Waals surface area contributed by atoms with Crippen LogP contribution in [0.15, 0.2) is 24.3 Å². The Morgan fingerprint density at radius 3 is 2.45 bits per heavy atom. The summed E-state index contributed by atoms with van der Waals surface area (Å²) in [7, 11) is 3.82. The van der Waals surface area contributed by atoms with Crippen LogP contribution in [0.3, 0.4) is 0 Å². The standard InChI is InChI=1S/C17H24N2O3/c1-18(2)15-9-7-8-14(12-15)17(21)22-13-16(20)19-10-5-3-4-6-11-19/h7-9,12H,3-6,10-11,13H2,1-2H3. The van der Waals surface area contributed by atoms with Crippen molar-refractivity contribution in [3.8, 4) is 0 Å². The molecule has 2 rings (SSSR count). The monoisotopic (exact) mass is 304 g/mol. The lowest BCUT2D eigenvalue weighted by Crippen LogP contribution is -2.35. The van der Waals surface area contributed by atoms with Crippen molar-refractivity contribution in [3.63, 3.8) is 0 Å². The van der Waals surface area contributed by atoms with Crippen LogP contribution in [0.1, 0.15) is 36.0 Å². The SMILES string of the molecule is CN(C)c1cccc(C(=O)OCC(=O)N2CCCCCC2)c1. The molecule has 0 spiro atoms. The van der Waals surface area contributed by atoms with E-state index in [1.165, 1.54) is 12.8 Å². The Morgan fingerprint density at radius 1 is 1.14 bits per heavy atom. The molecule has 22 heavy (non-hydrogen) atoms. The number of carbonyl (C=O) groups is 2. The molecular weight excluding hydrogens is 280 g/mol. The van der Waals surface area contributed by atoms with Crippen LogP contribution in [0.2, 0.25) is 0 Å². The number of amides is 1. The van der Waals surface area contributed by atoms with Crippen LogP contribution in [-0.2, 0) is 9.53 Å². The normalized spacial score (nSPS) is 15.1. The number of carbonyl (C=O) groups excluding carboxylic acids is 2. The third-order valence-electron chi connectivity index (χ3n) is 3.88. The van der Waals surface area contributed by atoms with E-state index in [1.54, 1.807) is 17.0 Å². The highest BCUT2D eigenvalue weighted by molar-refractivity contribution is 5.92. The molecule has 0 N–H and O–H groups in total. The largest absolute Gasteiger partial charge is 0.452 e. The van der Waals surface area contributed by atoms with Gasteiger partial charge in [-0.1, -0.05) is 18.9 Å². The number of nitrogens with zero attached hydrogens (tertiary/aromatic N) is 2. The first-order chi connectivity index (χ1) is 10.6. The summed E-state index contributed by atoms with van der Waals surface area (Å²) in [6.45, 7) is 1.37. The summed E-state index contributed by atoms with van der Waals surface area (Å²) in [5.41, 5.74) is 1.39. The van der Waals surface area contributed by atoms with Gasteiger partial charge in [-0.15, -0.1) is 0 Å². The average molecular weight is 304 g/mol. The van der Waals surface area contributed by atoms with Gasteiger partial charge in [-0.05, 0) is 31.0 Å². The van der Waals surface area contributed by atoms with Gasteiger partial charge in [0.05, 0.1) is 5.56 Å². The lowest BCUT2D eigenvalue weighted by atomic mass is 10.2. The van der Waals surface area contributed by atoms with E-state index in [-0.39, 0.29) is 12.5 Å². The molecule has 0 atom stereocenters. The maximum Gasteiger partial charge on any atom is 0.338 e. The van der Waals surface area contributed by atoms with Gasteiger partial charge in [-0.3, -0.25) is 4.79 Å². The topological polar surface area (TPSA) is 49.9 Å². The molecule has 1 saturated heterocycles. The molecule has 1 heterocycles. The maximum absolute atomic E-state index is 12.1. The number of likely N-dealkylation sites (tertiary alicyclic amines) is 1. The molecule has 120 valence electrons. The second-order valence-electron chi connectivity index (χ2n) is 5.82. The summed E-state index contributed by atoms with van der Waals surface area (Å²) in [5, 5.41) is 0. The fourth-order valence-electron chi connectivity index (χ4n) is 2.53. The molecule has 1 amide bonds. The molecule has 1 aromatic carbocycles. The molecule has 0 aromatic heterocycles. The van der Waals surface area contributed by atoms with Gasteiger partial charge in [0.25, 0.3) is 5.91 Å². The Kier molecular flexibility index (Phi) is 5.81. The Bertz CT molecular complexity index is 520. The summed E-state index contributed by atoms with van der Waals surface area (Å²) in [6, 6.07) is 7.19. The fraction of sp³-hybridized carbons (Fsp3) is 0.529. The zero-order valence-corrected chi connectivity index (χ0v) is 13.4. The van der Waals surface area contributed by atoms with E-state index in [0.717, 1.165) is 31.6 Å². The third-order valence-corrected chi connectivity index (χ3v) is 3.88. The van der Waals surface area contributed by atoms with E-state index in [9.17, 15) is 9.59 Å². The van der Waals surface area contributed by atoms with Crippen LogP contribution in [0.5, 0.6) is 0 Å². The number of ether oxygens (including phenoxy) is 1. The Hall–Kier alpha value is -2.04. The third kappa shape index (κ3) is 4.48. The van der Waals surface area contributed by atoms with Gasteiger partial charge < -0.3 is 14.5 Å². The molecule has 1 aliphatic heterocycles. The highest BCUT2D eigenvalue weighted by Gasteiger charge is 2.17. The molecule has 5 nitrogen and oxygen atoms in total. The van der Waals surface area contributed by atoms with Gasteiger partial charge in [0.15, 0.2) is 6.61 Å². The number of hydrogen-bond donors (Lipinski definition) is 0. The fourth-order valence-corrected chi connectivity index (χ4v) is 2.53. The average Bonchev–Trinajstić information content (AvgIpc) is 2.81. The molecule has 1 fully saturated rings. The summed E-state index contributed by atoms with van der Waals surface area (Å²) in [4.78, 5) is 27.9. The second kappa shape index (κ2) is 7.82. The maximum atomic E-state index is 12.1. The Balaban J connectivity index is 1.89. The minimum atomic E-state index is -0.452. The molecule has 0 saturated carbocycles. The Morgan fingerprint density at radius 2 is 1.82 bits per heavy atom. The van der Waals surface area contributed by atoms with Gasteiger partial charge in [-0.2, -0.15) is 0 Å². The summed E-state index contributed by atoms with van der Waals surface area (Å²) < 4.78 is 5.17. The zero-order chi connectivity index (χ0) is 15.9. The van der Waals surface area contributed by atoms with Crippen molar-refractivity contribution in [2.75, 3.05) is 38.7 Å². The highest BCUT2D eigenvalue weighted by atomic mass is 16.5. The van der Waals surface area contributed by atoms with E-state index in [0.29, 0.717) is 5.56 Å². The summed E-state index contributed by atoms with van der Waals surface area (Å²) in [5.74, 6) is -0.550. The minimum Gasteiger partial charge on any atom is -0.452 e. The van der Waals surface area contributed by atoms with Gasteiger partial charge in [0.2, 0.25) is 0 Å². The number of esters is 1. The predicted molar refractivity (Wildman–Crippen MR) is 86.1 cm³/mol. The first-order valence-corrected chi connectivity index (χ1v) is 7.80.